The van der Waals surface area contributed by atoms with Gasteiger partial charge in [-0.15, -0.1) is 0 Å². The van der Waals surface area contributed by atoms with Crippen molar-refractivity contribution in [1.29, 1.82) is 0 Å². The fraction of sp³-hybridized carbons (Fsp3) is 0.167. The summed E-state index contributed by atoms with van der Waals surface area (Å²) in [6, 6.07) is 11.5. The van der Waals surface area contributed by atoms with E-state index in [-0.39, 0.29) is 5.91 Å². The number of hydrogen-bond acceptors (Lipinski definition) is 1. The Labute approximate surface area is 130 Å². The molecule has 3 heteroatoms. The van der Waals surface area contributed by atoms with E-state index in [2.05, 4.69) is 17.4 Å². The fourth-order valence-electron chi connectivity index (χ4n) is 2.32. The van der Waals surface area contributed by atoms with Crippen LogP contribution in [0.4, 0.5) is 5.69 Å². The lowest BCUT2D eigenvalue weighted by Gasteiger charge is -2.11. The number of benzene rings is 2. The Balaban J connectivity index is 2.12. The standard InChI is InChI=1S/C18H18ClNO/c1-12-9-13(2)18(14(3)10-12)20-17(21)8-7-15-5-4-6-16(19)11-15/h4-11H,1-3H3,(H,20,21). The van der Waals surface area contributed by atoms with Crippen molar-refractivity contribution in [3.63, 3.8) is 0 Å². The first-order valence-electron chi connectivity index (χ1n) is 6.78. The maximum atomic E-state index is 12.0. The third kappa shape index (κ3) is 4.20. The van der Waals surface area contributed by atoms with Crippen LogP contribution in [-0.4, -0.2) is 5.91 Å². The van der Waals surface area contributed by atoms with Gasteiger partial charge >= 0.3 is 0 Å². The molecule has 0 saturated heterocycles. The van der Waals surface area contributed by atoms with Gasteiger partial charge in [-0.25, -0.2) is 0 Å². The van der Waals surface area contributed by atoms with Crippen molar-refractivity contribution in [2.24, 2.45) is 0 Å². The van der Waals surface area contributed by atoms with Crippen LogP contribution in [0.15, 0.2) is 42.5 Å². The molecule has 2 aromatic carbocycles. The SMILES string of the molecule is Cc1cc(C)c(NC(=O)C=Cc2cccc(Cl)c2)c(C)c1. The van der Waals surface area contributed by atoms with Crippen molar-refractivity contribution in [3.8, 4) is 0 Å². The van der Waals surface area contributed by atoms with Crippen molar-refractivity contribution in [2.45, 2.75) is 20.8 Å². The van der Waals surface area contributed by atoms with E-state index in [0.29, 0.717) is 5.02 Å². The Hall–Kier alpha value is -2.06. The third-order valence-corrected chi connectivity index (χ3v) is 3.44. The second-order valence-electron chi connectivity index (χ2n) is 5.15. The van der Waals surface area contributed by atoms with Crippen LogP contribution in [0.25, 0.3) is 6.08 Å². The molecule has 0 saturated carbocycles. The number of anilines is 1. The van der Waals surface area contributed by atoms with Crippen molar-refractivity contribution in [2.75, 3.05) is 5.32 Å². The zero-order chi connectivity index (χ0) is 15.4. The van der Waals surface area contributed by atoms with Gasteiger partial charge in [-0.2, -0.15) is 0 Å². The minimum atomic E-state index is -0.148. The summed E-state index contributed by atoms with van der Waals surface area (Å²) in [6.45, 7) is 6.04. The number of hydrogen-bond donors (Lipinski definition) is 1. The highest BCUT2D eigenvalue weighted by atomic mass is 35.5. The Bertz CT molecular complexity index is 681. The molecule has 0 aliphatic rings. The summed E-state index contributed by atoms with van der Waals surface area (Å²) in [7, 11) is 0. The van der Waals surface area contributed by atoms with E-state index in [0.717, 1.165) is 22.4 Å². The summed E-state index contributed by atoms with van der Waals surface area (Å²) in [5.74, 6) is -0.148. The Morgan fingerprint density at radius 1 is 1.10 bits per heavy atom. The number of nitrogens with one attached hydrogen (secondary N) is 1. The lowest BCUT2D eigenvalue weighted by molar-refractivity contribution is -0.111. The molecule has 1 N–H and O–H groups in total. The molecule has 21 heavy (non-hydrogen) atoms. The predicted octanol–water partition coefficient (Wildman–Crippen LogP) is 4.92. The highest BCUT2D eigenvalue weighted by Gasteiger charge is 2.06. The number of rotatable bonds is 3. The summed E-state index contributed by atoms with van der Waals surface area (Å²) in [5, 5.41) is 3.59. The molecule has 108 valence electrons. The average molecular weight is 300 g/mol. The highest BCUT2D eigenvalue weighted by Crippen LogP contribution is 2.22. The molecule has 2 nitrogen and oxygen atoms in total. The zero-order valence-electron chi connectivity index (χ0n) is 12.4. The monoisotopic (exact) mass is 299 g/mol. The minimum absolute atomic E-state index is 0.148. The normalized spacial score (nSPS) is 10.9. The Morgan fingerprint density at radius 3 is 2.38 bits per heavy atom. The topological polar surface area (TPSA) is 29.1 Å². The molecule has 1 amide bonds. The van der Waals surface area contributed by atoms with Gasteiger partial charge < -0.3 is 5.32 Å². The van der Waals surface area contributed by atoms with Crippen molar-refractivity contribution < 1.29 is 4.79 Å². The van der Waals surface area contributed by atoms with Gasteiger partial charge in [0, 0.05) is 16.8 Å². The van der Waals surface area contributed by atoms with E-state index in [1.807, 2.05) is 39.0 Å². The molecule has 0 radical (unpaired) electrons. The summed E-state index contributed by atoms with van der Waals surface area (Å²) in [4.78, 5) is 12.0. The lowest BCUT2D eigenvalue weighted by Crippen LogP contribution is -2.10. The first-order valence-corrected chi connectivity index (χ1v) is 7.16. The van der Waals surface area contributed by atoms with E-state index in [9.17, 15) is 4.79 Å². The largest absolute Gasteiger partial charge is 0.322 e. The van der Waals surface area contributed by atoms with E-state index >= 15 is 0 Å². The van der Waals surface area contributed by atoms with Crippen LogP contribution in [0.5, 0.6) is 0 Å². The molecule has 0 fully saturated rings. The van der Waals surface area contributed by atoms with Crippen LogP contribution in [-0.2, 0) is 4.79 Å². The van der Waals surface area contributed by atoms with Gasteiger partial charge in [-0.1, -0.05) is 41.4 Å². The van der Waals surface area contributed by atoms with Gasteiger partial charge in [0.1, 0.15) is 0 Å². The van der Waals surface area contributed by atoms with E-state index in [1.165, 1.54) is 11.6 Å². The van der Waals surface area contributed by atoms with Crippen LogP contribution in [0.1, 0.15) is 22.3 Å². The molecular weight excluding hydrogens is 282 g/mol. The molecular formula is C18H18ClNO. The summed E-state index contributed by atoms with van der Waals surface area (Å²) < 4.78 is 0. The van der Waals surface area contributed by atoms with Crippen LogP contribution in [0, 0.1) is 20.8 Å². The number of carbonyl (C=O) groups excluding carboxylic acids is 1. The van der Waals surface area contributed by atoms with Crippen LogP contribution in [0.3, 0.4) is 0 Å². The molecule has 0 aliphatic heterocycles. The van der Waals surface area contributed by atoms with Crippen LogP contribution >= 0.6 is 11.6 Å². The molecule has 0 bridgehead atoms. The van der Waals surface area contributed by atoms with Crippen LogP contribution in [0.2, 0.25) is 5.02 Å². The molecule has 0 spiro atoms. The zero-order valence-corrected chi connectivity index (χ0v) is 13.2. The third-order valence-electron chi connectivity index (χ3n) is 3.20. The average Bonchev–Trinajstić information content (AvgIpc) is 2.40. The van der Waals surface area contributed by atoms with Gasteiger partial charge in [0.15, 0.2) is 0 Å². The summed E-state index contributed by atoms with van der Waals surface area (Å²) >= 11 is 5.91. The quantitative estimate of drug-likeness (QED) is 0.801. The Morgan fingerprint density at radius 2 is 1.76 bits per heavy atom. The van der Waals surface area contributed by atoms with Crippen molar-refractivity contribution >= 4 is 29.3 Å². The van der Waals surface area contributed by atoms with E-state index in [4.69, 9.17) is 11.6 Å². The number of carbonyl (C=O) groups is 1. The molecule has 2 rings (SSSR count). The lowest BCUT2D eigenvalue weighted by atomic mass is 10.1. The van der Waals surface area contributed by atoms with E-state index in [1.54, 1.807) is 12.1 Å². The van der Waals surface area contributed by atoms with Gasteiger partial charge in [0.2, 0.25) is 5.91 Å². The molecule has 0 unspecified atom stereocenters. The smallest absolute Gasteiger partial charge is 0.248 e. The fourth-order valence-corrected chi connectivity index (χ4v) is 2.52. The molecule has 0 heterocycles. The molecule has 2 aromatic rings. The second-order valence-corrected chi connectivity index (χ2v) is 5.59. The number of aryl methyl sites for hydroxylation is 3. The number of amides is 1. The minimum Gasteiger partial charge on any atom is -0.322 e. The Kier molecular flexibility index (Phi) is 4.81. The van der Waals surface area contributed by atoms with Gasteiger partial charge in [0.25, 0.3) is 0 Å². The second kappa shape index (κ2) is 6.59. The van der Waals surface area contributed by atoms with Crippen molar-refractivity contribution in [3.05, 3.63) is 69.8 Å². The molecule has 0 aliphatic carbocycles. The first-order chi connectivity index (χ1) is 9.95. The predicted molar refractivity (Wildman–Crippen MR) is 89.8 cm³/mol. The first kappa shape index (κ1) is 15.3. The summed E-state index contributed by atoms with van der Waals surface area (Å²) in [5.41, 5.74) is 5.10. The number of halogens is 1. The maximum Gasteiger partial charge on any atom is 0.248 e. The highest BCUT2D eigenvalue weighted by molar-refractivity contribution is 6.30. The van der Waals surface area contributed by atoms with Gasteiger partial charge in [-0.3, -0.25) is 4.79 Å². The van der Waals surface area contributed by atoms with Crippen molar-refractivity contribution in [1.82, 2.24) is 0 Å². The molecule has 0 atom stereocenters. The van der Waals surface area contributed by atoms with Gasteiger partial charge in [0.05, 0.1) is 0 Å². The maximum absolute atomic E-state index is 12.0. The van der Waals surface area contributed by atoms with Gasteiger partial charge in [-0.05, 0) is 55.7 Å². The van der Waals surface area contributed by atoms with E-state index < -0.39 is 0 Å². The molecule has 0 aromatic heterocycles. The summed E-state index contributed by atoms with van der Waals surface area (Å²) in [6.07, 6.45) is 3.27. The van der Waals surface area contributed by atoms with Crippen LogP contribution < -0.4 is 5.32 Å².